The van der Waals surface area contributed by atoms with Gasteiger partial charge in [0.1, 0.15) is 19.3 Å². The van der Waals surface area contributed by atoms with Gasteiger partial charge in [-0.05, 0) is 25.7 Å². The molecular weight excluding hydrogens is 1230 g/mol. The van der Waals surface area contributed by atoms with Crippen molar-refractivity contribution in [3.05, 3.63) is 0 Å². The first-order valence-electron chi connectivity index (χ1n) is 39.3. The van der Waals surface area contributed by atoms with Crippen LogP contribution in [0, 0.1) is 0 Å². The van der Waals surface area contributed by atoms with Crippen LogP contribution < -0.4 is 0 Å². The average Bonchev–Trinajstić information content (AvgIpc) is 2.02. The third kappa shape index (κ3) is 68.6. The number of aliphatic hydroxyl groups is 1. The van der Waals surface area contributed by atoms with E-state index >= 15 is 0 Å². The number of carbonyl (C=O) groups is 4. The molecule has 3 N–H and O–H groups in total. The van der Waals surface area contributed by atoms with Gasteiger partial charge in [0, 0.05) is 25.7 Å². The van der Waals surface area contributed by atoms with Gasteiger partial charge in [0.15, 0.2) is 12.2 Å². The molecule has 17 nitrogen and oxygen atoms in total. The predicted octanol–water partition coefficient (Wildman–Crippen LogP) is 22.2. The van der Waals surface area contributed by atoms with E-state index in [0.717, 1.165) is 103 Å². The molecule has 0 aliphatic rings. The highest BCUT2D eigenvalue weighted by Gasteiger charge is 2.30. The number of esters is 4. The monoisotopic (exact) mass is 1380 g/mol. The van der Waals surface area contributed by atoms with Crippen LogP contribution in [0.4, 0.5) is 0 Å². The Balaban J connectivity index is 5.15. The molecule has 0 spiro atoms. The Morgan fingerprint density at radius 1 is 0.255 bits per heavy atom. The van der Waals surface area contributed by atoms with Gasteiger partial charge >= 0.3 is 39.5 Å². The van der Waals surface area contributed by atoms with Crippen LogP contribution in [0.25, 0.3) is 0 Å². The molecule has 5 atom stereocenters. The summed E-state index contributed by atoms with van der Waals surface area (Å²) in [5.41, 5.74) is 0. The first-order valence-corrected chi connectivity index (χ1v) is 42.3. The van der Waals surface area contributed by atoms with Crippen molar-refractivity contribution in [3.8, 4) is 0 Å². The summed E-state index contributed by atoms with van der Waals surface area (Å²) in [7, 11) is -9.90. The number of rotatable bonds is 76. The zero-order valence-corrected chi connectivity index (χ0v) is 62.7. The Morgan fingerprint density at radius 2 is 0.426 bits per heavy atom. The van der Waals surface area contributed by atoms with Gasteiger partial charge in [-0.2, -0.15) is 0 Å². The predicted molar refractivity (Wildman–Crippen MR) is 382 cm³/mol. The van der Waals surface area contributed by atoms with E-state index in [4.69, 9.17) is 37.0 Å². The minimum Gasteiger partial charge on any atom is -0.462 e. The van der Waals surface area contributed by atoms with Crippen LogP contribution in [0.5, 0.6) is 0 Å². The summed E-state index contributed by atoms with van der Waals surface area (Å²) in [6, 6.07) is 0. The van der Waals surface area contributed by atoms with E-state index in [9.17, 15) is 43.2 Å². The van der Waals surface area contributed by atoms with E-state index in [2.05, 4.69) is 27.7 Å². The highest BCUT2D eigenvalue weighted by molar-refractivity contribution is 7.47. The molecule has 0 aromatic heterocycles. The molecule has 0 heterocycles. The third-order valence-corrected chi connectivity index (χ3v) is 19.5. The van der Waals surface area contributed by atoms with Gasteiger partial charge in [0.05, 0.1) is 26.4 Å². The zero-order valence-electron chi connectivity index (χ0n) is 60.9. The van der Waals surface area contributed by atoms with Gasteiger partial charge in [-0.15, -0.1) is 0 Å². The Morgan fingerprint density at radius 3 is 0.628 bits per heavy atom. The Kier molecular flexibility index (Phi) is 68.1. The summed E-state index contributed by atoms with van der Waals surface area (Å²) in [6.45, 7) is 4.94. The Hall–Kier alpha value is -1.94. The molecule has 0 saturated heterocycles. The SMILES string of the molecule is CCCCCCCCCCCCCCCCCCCCCCCC(=O)O[C@H](COC(=O)CCCCCCCCCCCCCCC)COP(=O)(O)OC[C@@H](O)COP(=O)(O)OC[C@@H](COC(=O)CCCCCCCCC)OC(=O)CCCCCCCCCCCCCCC. The fourth-order valence-electron chi connectivity index (χ4n) is 11.6. The molecule has 19 heteroatoms. The fraction of sp³-hybridized carbons (Fsp3) is 0.947. The number of ether oxygens (including phenoxy) is 4. The van der Waals surface area contributed by atoms with Crippen molar-refractivity contribution in [2.24, 2.45) is 0 Å². The number of phosphoric acid groups is 2. The van der Waals surface area contributed by atoms with Crippen LogP contribution >= 0.6 is 15.6 Å². The molecule has 0 rings (SSSR count). The van der Waals surface area contributed by atoms with Crippen molar-refractivity contribution < 1.29 is 80.2 Å². The van der Waals surface area contributed by atoms with Crippen LogP contribution in [-0.4, -0.2) is 96.7 Å². The number of aliphatic hydroxyl groups excluding tert-OH is 1. The maximum atomic E-state index is 13.1. The largest absolute Gasteiger partial charge is 0.472 e. The number of phosphoric ester groups is 2. The highest BCUT2D eigenvalue weighted by atomic mass is 31.2. The zero-order chi connectivity index (χ0) is 69.0. The van der Waals surface area contributed by atoms with Crippen LogP contribution in [0.2, 0.25) is 0 Å². The van der Waals surface area contributed by atoms with Gasteiger partial charge < -0.3 is 33.8 Å². The topological polar surface area (TPSA) is 237 Å². The van der Waals surface area contributed by atoms with Gasteiger partial charge in [0.2, 0.25) is 0 Å². The van der Waals surface area contributed by atoms with E-state index in [-0.39, 0.29) is 25.7 Å². The maximum Gasteiger partial charge on any atom is 0.472 e. The second kappa shape index (κ2) is 69.5. The van der Waals surface area contributed by atoms with Crippen molar-refractivity contribution in [2.45, 2.75) is 418 Å². The molecule has 0 saturated carbocycles. The van der Waals surface area contributed by atoms with Gasteiger partial charge in [-0.3, -0.25) is 37.3 Å². The molecule has 0 aromatic rings. The molecule has 0 radical (unpaired) electrons. The minimum atomic E-state index is -4.95. The molecule has 0 fully saturated rings. The van der Waals surface area contributed by atoms with Crippen molar-refractivity contribution in [3.63, 3.8) is 0 Å². The van der Waals surface area contributed by atoms with Crippen LogP contribution in [0.15, 0.2) is 0 Å². The third-order valence-electron chi connectivity index (χ3n) is 17.6. The van der Waals surface area contributed by atoms with Gasteiger partial charge in [-0.25, -0.2) is 9.13 Å². The van der Waals surface area contributed by atoms with Crippen molar-refractivity contribution in [1.29, 1.82) is 0 Å². The quantitative estimate of drug-likeness (QED) is 0.0222. The van der Waals surface area contributed by atoms with Crippen molar-refractivity contribution >= 4 is 39.5 Å². The standard InChI is InChI=1S/C75H146O17P2/c1-5-9-13-17-21-24-27-30-31-32-33-34-35-36-37-40-43-46-50-54-58-62-75(80)92-71(66-86-73(78)60-56-52-48-44-41-38-28-25-22-18-14-10-6-2)68-90-94(83,84)88-64-69(76)63-87-93(81,82)89-67-70(65-85-72(77)59-55-51-47-20-16-12-8-4)91-74(79)61-57-53-49-45-42-39-29-26-23-19-15-11-7-3/h69-71,76H,5-68H2,1-4H3,(H,81,82)(H,83,84)/t69-,70+,71+/m0/s1. The summed E-state index contributed by atoms with van der Waals surface area (Å²) in [5, 5.41) is 10.6. The number of carbonyl (C=O) groups excluding carboxylic acids is 4. The molecular formula is C75H146O17P2. The summed E-state index contributed by atoms with van der Waals surface area (Å²) < 4.78 is 68.4. The smallest absolute Gasteiger partial charge is 0.462 e. The summed E-state index contributed by atoms with van der Waals surface area (Å²) in [4.78, 5) is 72.6. The lowest BCUT2D eigenvalue weighted by atomic mass is 10.0. The fourth-order valence-corrected chi connectivity index (χ4v) is 13.2. The normalized spacial score (nSPS) is 13.9. The second-order valence-corrected chi connectivity index (χ2v) is 29.9. The van der Waals surface area contributed by atoms with Crippen LogP contribution in [0.3, 0.4) is 0 Å². The van der Waals surface area contributed by atoms with Crippen molar-refractivity contribution in [2.75, 3.05) is 39.6 Å². The molecule has 0 aliphatic heterocycles. The number of hydrogen-bond acceptors (Lipinski definition) is 15. The molecule has 0 bridgehead atoms. The van der Waals surface area contributed by atoms with E-state index in [1.807, 2.05) is 0 Å². The second-order valence-electron chi connectivity index (χ2n) is 27.0. The minimum absolute atomic E-state index is 0.108. The summed E-state index contributed by atoms with van der Waals surface area (Å²) in [6.07, 6.45) is 59.8. The van der Waals surface area contributed by atoms with E-state index in [0.29, 0.717) is 25.7 Å². The van der Waals surface area contributed by atoms with Gasteiger partial charge in [0.25, 0.3) is 0 Å². The lowest BCUT2D eigenvalue weighted by molar-refractivity contribution is -0.161. The first kappa shape index (κ1) is 92.1. The summed E-state index contributed by atoms with van der Waals surface area (Å²) >= 11 is 0. The lowest BCUT2D eigenvalue weighted by Crippen LogP contribution is -2.30. The molecule has 0 aromatic carbocycles. The van der Waals surface area contributed by atoms with E-state index in [1.54, 1.807) is 0 Å². The van der Waals surface area contributed by atoms with Gasteiger partial charge in [-0.1, -0.05) is 349 Å². The Bertz CT molecular complexity index is 1790. The van der Waals surface area contributed by atoms with E-state index < -0.39 is 97.5 Å². The first-order chi connectivity index (χ1) is 45.7. The van der Waals surface area contributed by atoms with Crippen molar-refractivity contribution in [1.82, 2.24) is 0 Å². The van der Waals surface area contributed by atoms with E-state index in [1.165, 1.54) is 218 Å². The lowest BCUT2D eigenvalue weighted by Gasteiger charge is -2.21. The Labute approximate surface area is 575 Å². The number of hydrogen-bond donors (Lipinski definition) is 3. The summed E-state index contributed by atoms with van der Waals surface area (Å²) in [5.74, 6) is -2.12. The van der Waals surface area contributed by atoms with Crippen LogP contribution in [-0.2, 0) is 65.4 Å². The molecule has 558 valence electrons. The number of unbranched alkanes of at least 4 members (excludes halogenated alkanes) is 50. The molecule has 94 heavy (non-hydrogen) atoms. The molecule has 2 unspecified atom stereocenters. The van der Waals surface area contributed by atoms with Crippen LogP contribution in [0.1, 0.15) is 400 Å². The molecule has 0 aliphatic carbocycles. The highest BCUT2D eigenvalue weighted by Crippen LogP contribution is 2.45. The molecule has 0 amide bonds. The maximum absolute atomic E-state index is 13.1. The average molecular weight is 1380 g/mol.